The largest absolute Gasteiger partial charge is 0.390 e. The van der Waals surface area contributed by atoms with Crippen LogP contribution in [0.1, 0.15) is 6.42 Å². The molecule has 66 valence electrons. The first kappa shape index (κ1) is 8.86. The van der Waals surface area contributed by atoms with Gasteiger partial charge in [0.25, 0.3) is 0 Å². The Labute approximate surface area is 63.4 Å². The van der Waals surface area contributed by atoms with Crippen molar-refractivity contribution < 1.29 is 19.7 Å². The van der Waals surface area contributed by atoms with Gasteiger partial charge in [0, 0.05) is 6.04 Å². The van der Waals surface area contributed by atoms with Crippen LogP contribution in [-0.4, -0.2) is 45.8 Å². The zero-order valence-corrected chi connectivity index (χ0v) is 5.89. The highest BCUT2D eigenvalue weighted by molar-refractivity contribution is 4.94. The zero-order chi connectivity index (χ0) is 8.59. The minimum atomic E-state index is -1.65. The van der Waals surface area contributed by atoms with Crippen molar-refractivity contribution in [1.29, 1.82) is 0 Å². The monoisotopic (exact) mass is 165 g/mol. The Kier molecular flexibility index (Phi) is 2.43. The number of hydrogen-bond donors (Lipinski definition) is 4. The Morgan fingerprint density at radius 1 is 1.18 bits per heavy atom. The fourth-order valence-electron chi connectivity index (χ4n) is 1.22. The fraction of sp³-hybridized carbons (Fsp3) is 1.00. The standard InChI is InChI=1S/C6H12FNO3/c7-4-2(8)1-3(9)5(10)6(4)11/h2-6,9-11H,1,8H2. The van der Waals surface area contributed by atoms with Crippen LogP contribution in [0.25, 0.3) is 0 Å². The Balaban J connectivity index is 2.63. The molecule has 4 nitrogen and oxygen atoms in total. The Bertz CT molecular complexity index is 132. The molecular formula is C6H12FNO3. The van der Waals surface area contributed by atoms with Crippen LogP contribution in [0.4, 0.5) is 4.39 Å². The maximum Gasteiger partial charge on any atom is 0.144 e. The van der Waals surface area contributed by atoms with Crippen LogP contribution >= 0.6 is 0 Å². The molecule has 0 radical (unpaired) electrons. The van der Waals surface area contributed by atoms with E-state index < -0.39 is 30.5 Å². The van der Waals surface area contributed by atoms with Gasteiger partial charge in [0.2, 0.25) is 0 Å². The average Bonchev–Trinajstić information content (AvgIpc) is 1.97. The van der Waals surface area contributed by atoms with Gasteiger partial charge in [-0.3, -0.25) is 0 Å². The third-order valence-electron chi connectivity index (χ3n) is 1.99. The van der Waals surface area contributed by atoms with Crippen LogP contribution < -0.4 is 5.73 Å². The number of hydrogen-bond acceptors (Lipinski definition) is 4. The molecule has 5 unspecified atom stereocenters. The van der Waals surface area contributed by atoms with E-state index in [1.54, 1.807) is 0 Å². The van der Waals surface area contributed by atoms with Crippen molar-refractivity contribution in [2.24, 2.45) is 5.73 Å². The molecule has 0 aromatic heterocycles. The van der Waals surface area contributed by atoms with Crippen molar-refractivity contribution in [3.05, 3.63) is 0 Å². The predicted molar refractivity (Wildman–Crippen MR) is 35.5 cm³/mol. The molecule has 1 aliphatic carbocycles. The summed E-state index contributed by atoms with van der Waals surface area (Å²) in [6.45, 7) is 0. The number of aliphatic hydroxyl groups is 3. The van der Waals surface area contributed by atoms with E-state index in [9.17, 15) is 4.39 Å². The number of halogens is 1. The van der Waals surface area contributed by atoms with Crippen molar-refractivity contribution in [2.45, 2.75) is 36.9 Å². The number of nitrogens with two attached hydrogens (primary N) is 1. The first-order chi connectivity index (χ1) is 5.04. The second-order valence-corrected chi connectivity index (χ2v) is 2.89. The molecule has 0 saturated heterocycles. The van der Waals surface area contributed by atoms with Crippen molar-refractivity contribution in [3.63, 3.8) is 0 Å². The predicted octanol–water partition coefficient (Wildman–Crippen LogP) is -1.86. The number of rotatable bonds is 0. The summed E-state index contributed by atoms with van der Waals surface area (Å²) in [5.41, 5.74) is 5.22. The van der Waals surface area contributed by atoms with Crippen LogP contribution in [0.5, 0.6) is 0 Å². The number of aliphatic hydroxyl groups excluding tert-OH is 3. The maximum absolute atomic E-state index is 12.7. The van der Waals surface area contributed by atoms with Gasteiger partial charge in [-0.25, -0.2) is 4.39 Å². The molecular weight excluding hydrogens is 153 g/mol. The van der Waals surface area contributed by atoms with E-state index in [0.717, 1.165) is 0 Å². The van der Waals surface area contributed by atoms with Crippen molar-refractivity contribution in [2.75, 3.05) is 0 Å². The normalized spacial score (nSPS) is 52.6. The quantitative estimate of drug-likeness (QED) is 0.339. The van der Waals surface area contributed by atoms with Crippen LogP contribution in [0.15, 0.2) is 0 Å². The van der Waals surface area contributed by atoms with Gasteiger partial charge in [0.05, 0.1) is 6.10 Å². The Hall–Kier alpha value is -0.230. The molecule has 1 fully saturated rings. The molecule has 0 bridgehead atoms. The summed E-state index contributed by atoms with van der Waals surface area (Å²) in [6, 6.07) is -0.886. The van der Waals surface area contributed by atoms with Crippen molar-refractivity contribution in [1.82, 2.24) is 0 Å². The molecule has 5 N–H and O–H groups in total. The SMILES string of the molecule is NC1CC(O)C(O)C(O)C1F. The molecule has 0 spiro atoms. The summed E-state index contributed by atoms with van der Waals surface area (Å²) in [4.78, 5) is 0. The smallest absolute Gasteiger partial charge is 0.144 e. The Morgan fingerprint density at radius 2 is 1.73 bits per heavy atom. The number of alkyl halides is 1. The third-order valence-corrected chi connectivity index (χ3v) is 1.99. The van der Waals surface area contributed by atoms with Gasteiger partial charge in [-0.2, -0.15) is 0 Å². The van der Waals surface area contributed by atoms with Gasteiger partial charge in [0.1, 0.15) is 18.4 Å². The molecule has 1 saturated carbocycles. The third kappa shape index (κ3) is 1.51. The average molecular weight is 165 g/mol. The fourth-order valence-corrected chi connectivity index (χ4v) is 1.22. The van der Waals surface area contributed by atoms with E-state index >= 15 is 0 Å². The van der Waals surface area contributed by atoms with E-state index in [-0.39, 0.29) is 6.42 Å². The molecule has 11 heavy (non-hydrogen) atoms. The van der Waals surface area contributed by atoms with Crippen molar-refractivity contribution in [3.8, 4) is 0 Å². The van der Waals surface area contributed by atoms with E-state index in [1.165, 1.54) is 0 Å². The van der Waals surface area contributed by atoms with Crippen LogP contribution in [0.2, 0.25) is 0 Å². The molecule has 5 heteroatoms. The van der Waals surface area contributed by atoms with E-state index in [1.807, 2.05) is 0 Å². The summed E-state index contributed by atoms with van der Waals surface area (Å²) < 4.78 is 12.7. The van der Waals surface area contributed by atoms with Gasteiger partial charge in [0.15, 0.2) is 0 Å². The zero-order valence-electron chi connectivity index (χ0n) is 5.89. The molecule has 0 aromatic carbocycles. The van der Waals surface area contributed by atoms with E-state index in [2.05, 4.69) is 0 Å². The molecule has 1 aliphatic rings. The maximum atomic E-state index is 12.7. The molecule has 0 aliphatic heterocycles. The molecule has 0 aromatic rings. The van der Waals surface area contributed by atoms with Crippen LogP contribution in [0, 0.1) is 0 Å². The summed E-state index contributed by atoms with van der Waals surface area (Å²) in [6.07, 6.45) is -5.75. The lowest BCUT2D eigenvalue weighted by atomic mass is 9.87. The molecule has 5 atom stereocenters. The van der Waals surface area contributed by atoms with E-state index in [0.29, 0.717) is 0 Å². The lowest BCUT2D eigenvalue weighted by Gasteiger charge is -2.34. The molecule has 0 heterocycles. The first-order valence-electron chi connectivity index (χ1n) is 3.48. The second-order valence-electron chi connectivity index (χ2n) is 2.89. The van der Waals surface area contributed by atoms with Gasteiger partial charge in [-0.1, -0.05) is 0 Å². The van der Waals surface area contributed by atoms with Gasteiger partial charge < -0.3 is 21.1 Å². The minimum absolute atomic E-state index is 0.0145. The highest BCUT2D eigenvalue weighted by Gasteiger charge is 2.41. The minimum Gasteiger partial charge on any atom is -0.390 e. The lowest BCUT2D eigenvalue weighted by Crippen LogP contribution is -2.56. The summed E-state index contributed by atoms with van der Waals surface area (Å²) in [5.74, 6) is 0. The van der Waals surface area contributed by atoms with E-state index in [4.69, 9.17) is 21.1 Å². The first-order valence-corrected chi connectivity index (χ1v) is 3.48. The summed E-state index contributed by atoms with van der Waals surface area (Å²) in [5, 5.41) is 26.8. The topological polar surface area (TPSA) is 86.7 Å². The van der Waals surface area contributed by atoms with Gasteiger partial charge >= 0.3 is 0 Å². The molecule has 0 amide bonds. The van der Waals surface area contributed by atoms with Crippen LogP contribution in [0.3, 0.4) is 0 Å². The summed E-state index contributed by atoms with van der Waals surface area (Å²) >= 11 is 0. The van der Waals surface area contributed by atoms with Gasteiger partial charge in [-0.15, -0.1) is 0 Å². The highest BCUT2D eigenvalue weighted by atomic mass is 19.1. The van der Waals surface area contributed by atoms with Crippen molar-refractivity contribution >= 4 is 0 Å². The Morgan fingerprint density at radius 3 is 2.27 bits per heavy atom. The molecule has 1 rings (SSSR count). The lowest BCUT2D eigenvalue weighted by molar-refractivity contribution is -0.121. The van der Waals surface area contributed by atoms with Gasteiger partial charge in [-0.05, 0) is 6.42 Å². The highest BCUT2D eigenvalue weighted by Crippen LogP contribution is 2.21. The summed E-state index contributed by atoms with van der Waals surface area (Å²) in [7, 11) is 0. The second kappa shape index (κ2) is 3.02. The van der Waals surface area contributed by atoms with Crippen LogP contribution in [-0.2, 0) is 0 Å².